The summed E-state index contributed by atoms with van der Waals surface area (Å²) in [6.07, 6.45) is 12.4. The third-order valence-corrected chi connectivity index (χ3v) is 45.2. The Kier molecular flexibility index (Phi) is 9.80. The van der Waals surface area contributed by atoms with Crippen molar-refractivity contribution in [3.63, 3.8) is 0 Å². The van der Waals surface area contributed by atoms with Gasteiger partial charge in [-0.2, -0.15) is 0 Å². The summed E-state index contributed by atoms with van der Waals surface area (Å²) in [6.45, 7) is 10.3. The van der Waals surface area contributed by atoms with Gasteiger partial charge < -0.3 is 0 Å². The van der Waals surface area contributed by atoms with Gasteiger partial charge in [0.25, 0.3) is 0 Å². The molecule has 0 fully saturated rings. The van der Waals surface area contributed by atoms with E-state index in [9.17, 15) is 0 Å². The second-order valence-electron chi connectivity index (χ2n) is 14.8. The SMILES string of the molecule is CC1=Cc2c(-c3ccccc3)cccc2[CH]1[Zr]([C](=CC=Cc1ccccc1)c1ccccc1)([CH]1C(C)=Cc2c(-c3ccccc3)cccc21)[SiH](C)C. The third-order valence-electron chi connectivity index (χ3n) is 11.5. The number of hydrogen-bond donors (Lipinski definition) is 0. The molecule has 6 aromatic rings. The molecule has 0 heterocycles. The Hall–Kier alpha value is -4.62. The fourth-order valence-electron chi connectivity index (χ4n) is 9.49. The molecule has 254 valence electrons. The van der Waals surface area contributed by atoms with Crippen molar-refractivity contribution in [3.05, 3.63) is 214 Å². The molecule has 0 bridgehead atoms. The molecule has 6 aromatic carbocycles. The van der Waals surface area contributed by atoms with Crippen LogP contribution in [0, 0.1) is 0 Å². The Morgan fingerprint density at radius 3 is 1.42 bits per heavy atom. The summed E-state index contributed by atoms with van der Waals surface area (Å²) in [5, 5.41) is 0. The van der Waals surface area contributed by atoms with Crippen LogP contribution in [0.4, 0.5) is 0 Å². The van der Waals surface area contributed by atoms with Crippen LogP contribution in [0.1, 0.15) is 54.5 Å². The Balaban J connectivity index is 1.43. The van der Waals surface area contributed by atoms with Crippen LogP contribution in [0.15, 0.2) is 181 Å². The molecule has 0 saturated heterocycles. The molecule has 2 aliphatic rings. The van der Waals surface area contributed by atoms with Crippen molar-refractivity contribution >= 4 is 27.4 Å². The molecule has 0 aromatic heterocycles. The van der Waals surface area contributed by atoms with Gasteiger partial charge in [-0.25, -0.2) is 0 Å². The van der Waals surface area contributed by atoms with E-state index in [0.29, 0.717) is 7.25 Å². The van der Waals surface area contributed by atoms with Crippen LogP contribution in [0.2, 0.25) is 13.1 Å². The maximum absolute atomic E-state index is 3.80. The molecule has 0 spiro atoms. The van der Waals surface area contributed by atoms with Gasteiger partial charge in [-0.05, 0) is 0 Å². The summed E-state index contributed by atoms with van der Waals surface area (Å²) in [5.41, 5.74) is 17.0. The first-order chi connectivity index (χ1) is 25.5. The van der Waals surface area contributed by atoms with Crippen LogP contribution in [0.25, 0.3) is 43.8 Å². The number of fused-ring (bicyclic) bond motifs is 2. The first-order valence-electron chi connectivity index (χ1n) is 18.7. The number of allylic oxidation sites excluding steroid dienone is 4. The second kappa shape index (κ2) is 14.8. The van der Waals surface area contributed by atoms with Gasteiger partial charge in [0.15, 0.2) is 0 Å². The minimum absolute atomic E-state index is 0.413. The standard InChI is InChI=1S/3C16H13.C2H7Si.Zr/c2*1-12-10-14-8-5-9-15(16(14)11-12)13-6-3-2-4-7-13;1-3-9-15(10-4-1)13-7-8-14-16-11-5-2-6-12-16;1-3-2;/h2*2-11H,1H3;1-13H;3H,1-2H3;. The normalized spacial score (nSPS) is 17.8. The van der Waals surface area contributed by atoms with Gasteiger partial charge in [0.05, 0.1) is 0 Å². The molecule has 52 heavy (non-hydrogen) atoms. The van der Waals surface area contributed by atoms with Crippen LogP contribution in [-0.4, -0.2) is 5.92 Å². The molecular formula is C50H46SiZr. The molecule has 0 saturated carbocycles. The zero-order valence-electron chi connectivity index (χ0n) is 30.6. The molecule has 0 N–H and O–H groups in total. The van der Waals surface area contributed by atoms with E-state index in [0.717, 1.165) is 0 Å². The Bertz CT molecular complexity index is 2220. The molecule has 2 aliphatic carbocycles. The maximum atomic E-state index is 2.70. The fraction of sp³-hybridized carbons (Fsp3) is 0.120. The van der Waals surface area contributed by atoms with E-state index in [1.54, 1.807) is 25.6 Å². The monoisotopic (exact) mass is 764 g/mol. The van der Waals surface area contributed by atoms with Crippen LogP contribution in [0.3, 0.4) is 0 Å². The van der Waals surface area contributed by atoms with Gasteiger partial charge in [-0.1, -0.05) is 0 Å². The Labute approximate surface area is 315 Å². The van der Waals surface area contributed by atoms with E-state index in [4.69, 9.17) is 0 Å². The predicted molar refractivity (Wildman–Crippen MR) is 225 cm³/mol. The summed E-state index contributed by atoms with van der Waals surface area (Å²) >= 11 is -3.80. The average molecular weight is 766 g/mol. The first kappa shape index (κ1) is 34.5. The van der Waals surface area contributed by atoms with Gasteiger partial charge in [0, 0.05) is 0 Å². The first-order valence-corrected chi connectivity index (χ1v) is 29.9. The van der Waals surface area contributed by atoms with Crippen molar-refractivity contribution < 1.29 is 19.4 Å². The fourth-order valence-corrected chi connectivity index (χ4v) is 45.5. The molecule has 0 aliphatic heterocycles. The minimum atomic E-state index is -3.80. The molecular weight excluding hydrogens is 720 g/mol. The van der Waals surface area contributed by atoms with E-state index in [2.05, 4.69) is 215 Å². The van der Waals surface area contributed by atoms with Gasteiger partial charge in [-0.15, -0.1) is 0 Å². The van der Waals surface area contributed by atoms with Crippen molar-refractivity contribution in [2.24, 2.45) is 0 Å². The van der Waals surface area contributed by atoms with Gasteiger partial charge in [-0.3, -0.25) is 0 Å². The molecule has 2 unspecified atom stereocenters. The number of benzene rings is 6. The quantitative estimate of drug-likeness (QED) is 0.102. The molecule has 2 heteroatoms. The van der Waals surface area contributed by atoms with E-state index in [1.807, 2.05) is 0 Å². The molecule has 0 nitrogen and oxygen atoms in total. The van der Waals surface area contributed by atoms with E-state index < -0.39 is 25.4 Å². The zero-order valence-corrected chi connectivity index (χ0v) is 34.2. The topological polar surface area (TPSA) is 0 Å². The second-order valence-corrected chi connectivity index (χ2v) is 40.0. The van der Waals surface area contributed by atoms with Crippen molar-refractivity contribution in [2.75, 3.05) is 0 Å². The van der Waals surface area contributed by atoms with Crippen LogP contribution in [0.5, 0.6) is 0 Å². The summed E-state index contributed by atoms with van der Waals surface area (Å²) in [6, 6.07) is 58.6. The summed E-state index contributed by atoms with van der Waals surface area (Å²) in [4.78, 5) is 0. The molecule has 0 amide bonds. The molecule has 2 atom stereocenters. The Morgan fingerprint density at radius 2 is 0.962 bits per heavy atom. The average Bonchev–Trinajstić information content (AvgIpc) is 3.71. The zero-order chi connectivity index (χ0) is 35.7. The van der Waals surface area contributed by atoms with E-state index >= 15 is 0 Å². The van der Waals surface area contributed by atoms with Crippen molar-refractivity contribution in [3.8, 4) is 22.3 Å². The van der Waals surface area contributed by atoms with Crippen LogP contribution in [-0.2, 0) is 19.4 Å². The molecule has 8 rings (SSSR count). The summed E-state index contributed by atoms with van der Waals surface area (Å²) in [7, 11) is 0. The predicted octanol–water partition coefficient (Wildman–Crippen LogP) is 13.5. The van der Waals surface area contributed by atoms with Crippen LogP contribution >= 0.6 is 0 Å². The summed E-state index contributed by atoms with van der Waals surface area (Å²) < 4.78 is 2.47. The third kappa shape index (κ3) is 6.07. The molecule has 0 radical (unpaired) electrons. The Morgan fingerprint density at radius 1 is 0.519 bits per heavy atom. The van der Waals surface area contributed by atoms with E-state index in [1.165, 1.54) is 44.5 Å². The number of rotatable bonds is 9. The summed E-state index contributed by atoms with van der Waals surface area (Å²) in [5.74, 6) is -1.42. The van der Waals surface area contributed by atoms with Crippen molar-refractivity contribution in [1.82, 2.24) is 0 Å². The van der Waals surface area contributed by atoms with Crippen molar-refractivity contribution in [1.29, 1.82) is 0 Å². The van der Waals surface area contributed by atoms with Gasteiger partial charge in [0.1, 0.15) is 0 Å². The van der Waals surface area contributed by atoms with E-state index in [-0.39, 0.29) is 0 Å². The van der Waals surface area contributed by atoms with Gasteiger partial charge >= 0.3 is 318 Å². The van der Waals surface area contributed by atoms with Gasteiger partial charge in [0.2, 0.25) is 0 Å². The number of hydrogen-bond acceptors (Lipinski definition) is 0. The van der Waals surface area contributed by atoms with Crippen molar-refractivity contribution in [2.45, 2.75) is 34.2 Å². The van der Waals surface area contributed by atoms with Crippen LogP contribution < -0.4 is 0 Å².